The Balaban J connectivity index is 4.78. The number of hydrogen-bond acceptors (Lipinski definition) is 2. The fourth-order valence-corrected chi connectivity index (χ4v) is 5.26. The van der Waals surface area contributed by atoms with Gasteiger partial charge >= 0.3 is 0 Å². The lowest BCUT2D eigenvalue weighted by Crippen LogP contribution is -2.44. The van der Waals surface area contributed by atoms with Crippen LogP contribution in [0.25, 0.3) is 0 Å². The smallest absolute Gasteiger partial charge is 0.193 e. The Hall–Kier alpha value is 0.697. The van der Waals surface area contributed by atoms with Crippen LogP contribution in [0, 0.1) is 0 Å². The quantitative estimate of drug-likeness (QED) is 0.435. The summed E-state index contributed by atoms with van der Waals surface area (Å²) in [6.07, 6.45) is 0. The van der Waals surface area contributed by atoms with Crippen molar-refractivity contribution in [3.05, 3.63) is 0 Å². The molecule has 1 unspecified atom stereocenters. The van der Waals surface area contributed by atoms with Gasteiger partial charge in [-0.1, -0.05) is 20.8 Å². The third kappa shape index (κ3) is 4.60. The maximum Gasteiger partial charge on any atom is 0.193 e. The highest BCUT2D eigenvalue weighted by Gasteiger charge is 2.41. The molecule has 0 aromatic rings. The fraction of sp³-hybridized carbons (Fsp3) is 1.00. The van der Waals surface area contributed by atoms with Gasteiger partial charge in [0.2, 0.25) is 0 Å². The molecule has 92 valence electrons. The second-order valence-corrected chi connectivity index (χ2v) is 14.4. The number of alkyl halides is 1. The number of halogens is 1. The van der Waals surface area contributed by atoms with Crippen molar-refractivity contribution in [2.45, 2.75) is 44.7 Å². The molecule has 0 aliphatic heterocycles. The van der Waals surface area contributed by atoms with Crippen LogP contribution in [0.15, 0.2) is 0 Å². The zero-order chi connectivity index (χ0) is 12.5. The van der Waals surface area contributed by atoms with Gasteiger partial charge in [0, 0.05) is 0 Å². The van der Waals surface area contributed by atoms with Crippen molar-refractivity contribution in [2.75, 3.05) is 19.2 Å². The van der Waals surface area contributed by atoms with Crippen molar-refractivity contribution in [3.8, 4) is 0 Å². The highest BCUT2D eigenvalue weighted by Crippen LogP contribution is 2.48. The second-order valence-electron chi connectivity index (χ2n) is 5.92. The predicted octanol–water partition coefficient (Wildman–Crippen LogP) is 4.20. The molecule has 0 fully saturated rings. The molecule has 0 aliphatic carbocycles. The zero-order valence-electron chi connectivity index (χ0n) is 10.9. The van der Waals surface area contributed by atoms with E-state index >= 15 is 0 Å². The summed E-state index contributed by atoms with van der Waals surface area (Å²) in [7, 11) is -4.12. The topological polar surface area (TPSA) is 26.3 Å². The van der Waals surface area contributed by atoms with Gasteiger partial charge in [-0.3, -0.25) is 0 Å². The highest BCUT2D eigenvalue weighted by molar-refractivity contribution is 7.63. The molecular formula is C10H24ClO2PSi. The predicted molar refractivity (Wildman–Crippen MR) is 72.2 cm³/mol. The van der Waals surface area contributed by atoms with E-state index in [1.807, 2.05) is 0 Å². The molecule has 0 bridgehead atoms. The molecule has 5 heteroatoms. The number of hydrogen-bond donors (Lipinski definition) is 0. The first-order valence-corrected chi connectivity index (χ1v) is 11.3. The van der Waals surface area contributed by atoms with Crippen LogP contribution in [0.4, 0.5) is 0 Å². The molecule has 0 aromatic carbocycles. The lowest BCUT2D eigenvalue weighted by molar-refractivity contribution is 0.268. The molecule has 0 N–H and O–H groups in total. The lowest BCUT2D eigenvalue weighted by Gasteiger charge is -2.39. The molecule has 0 radical (unpaired) electrons. The van der Waals surface area contributed by atoms with E-state index < -0.39 is 15.5 Å². The molecule has 0 heterocycles. The van der Waals surface area contributed by atoms with Gasteiger partial charge in [-0.25, -0.2) is 0 Å². The minimum Gasteiger partial charge on any atom is -0.406 e. The second kappa shape index (κ2) is 4.91. The Labute approximate surface area is 100 Å². The molecule has 0 saturated heterocycles. The van der Waals surface area contributed by atoms with E-state index in [4.69, 9.17) is 16.0 Å². The van der Waals surface area contributed by atoms with Gasteiger partial charge in [0.15, 0.2) is 8.32 Å². The molecule has 0 aromatic heterocycles. The fourth-order valence-electron chi connectivity index (χ4n) is 0.841. The van der Waals surface area contributed by atoms with Crippen LogP contribution in [0.2, 0.25) is 18.1 Å². The van der Waals surface area contributed by atoms with Crippen LogP contribution < -0.4 is 0 Å². The van der Waals surface area contributed by atoms with Gasteiger partial charge in [-0.2, -0.15) is 0 Å². The van der Waals surface area contributed by atoms with Crippen LogP contribution in [-0.4, -0.2) is 33.4 Å². The maximum atomic E-state index is 12.0. The maximum absolute atomic E-state index is 12.0. The van der Waals surface area contributed by atoms with E-state index in [-0.39, 0.29) is 10.9 Å². The van der Waals surface area contributed by atoms with E-state index in [1.54, 1.807) is 13.3 Å². The van der Waals surface area contributed by atoms with Crippen molar-refractivity contribution in [1.29, 1.82) is 0 Å². The molecule has 2 nitrogen and oxygen atoms in total. The summed E-state index contributed by atoms with van der Waals surface area (Å²) >= 11 is 5.83. The molecule has 0 amide bonds. The minimum atomic E-state index is -2.26. The summed E-state index contributed by atoms with van der Waals surface area (Å²) < 4.78 is 18.0. The summed E-state index contributed by atoms with van der Waals surface area (Å²) in [6, 6.07) is 0. The Morgan fingerprint density at radius 1 is 1.33 bits per heavy atom. The van der Waals surface area contributed by atoms with Gasteiger partial charge in [0.05, 0.1) is 5.88 Å². The van der Waals surface area contributed by atoms with E-state index in [1.165, 1.54) is 0 Å². The average Bonchev–Trinajstić information content (AvgIpc) is 1.95. The van der Waals surface area contributed by atoms with Gasteiger partial charge < -0.3 is 8.99 Å². The standard InChI is InChI=1S/C10H24ClO2PSi/c1-10(2,3)15(6,7)13-9(8-11)14(4,5)12/h9H,8H2,1-7H3. The summed E-state index contributed by atoms with van der Waals surface area (Å²) in [6.45, 7) is 14.3. The van der Waals surface area contributed by atoms with Crippen LogP contribution >= 0.6 is 18.7 Å². The van der Waals surface area contributed by atoms with E-state index in [9.17, 15) is 4.57 Å². The van der Waals surface area contributed by atoms with Crippen LogP contribution in [0.5, 0.6) is 0 Å². The van der Waals surface area contributed by atoms with Crippen LogP contribution in [-0.2, 0) is 8.99 Å². The van der Waals surface area contributed by atoms with Crippen molar-refractivity contribution in [2.24, 2.45) is 0 Å². The van der Waals surface area contributed by atoms with Crippen molar-refractivity contribution in [1.82, 2.24) is 0 Å². The van der Waals surface area contributed by atoms with Gasteiger partial charge in [0.1, 0.15) is 13.0 Å². The Morgan fingerprint density at radius 3 is 1.93 bits per heavy atom. The average molecular weight is 271 g/mol. The summed E-state index contributed by atoms with van der Waals surface area (Å²) in [5, 5.41) is 0.131. The van der Waals surface area contributed by atoms with E-state index in [0.29, 0.717) is 5.88 Å². The van der Waals surface area contributed by atoms with E-state index in [0.717, 1.165) is 0 Å². The number of rotatable bonds is 4. The van der Waals surface area contributed by atoms with E-state index in [2.05, 4.69) is 33.9 Å². The molecule has 0 spiro atoms. The summed E-state index contributed by atoms with van der Waals surface area (Å²) in [5.41, 5.74) is 0. The Kier molecular flexibility index (Phi) is 5.14. The summed E-state index contributed by atoms with van der Waals surface area (Å²) in [5.74, 6) is 0.0246. The summed E-state index contributed by atoms with van der Waals surface area (Å²) in [4.78, 5) is 0. The highest BCUT2D eigenvalue weighted by atomic mass is 35.5. The Morgan fingerprint density at radius 2 is 1.73 bits per heavy atom. The Bertz CT molecular complexity index is 255. The van der Waals surface area contributed by atoms with Crippen LogP contribution in [0.1, 0.15) is 20.8 Å². The van der Waals surface area contributed by atoms with Crippen molar-refractivity contribution in [3.63, 3.8) is 0 Å². The first-order chi connectivity index (χ1) is 6.42. The monoisotopic (exact) mass is 270 g/mol. The largest absolute Gasteiger partial charge is 0.406 e. The first kappa shape index (κ1) is 15.7. The van der Waals surface area contributed by atoms with Crippen molar-refractivity contribution < 1.29 is 8.99 Å². The molecule has 1 atom stereocenters. The minimum absolute atomic E-state index is 0.131. The SMILES string of the molecule is CC(C)(C)[Si](C)(C)OC(CCl)P(C)(C)=O. The van der Waals surface area contributed by atoms with Gasteiger partial charge in [0.25, 0.3) is 0 Å². The third-order valence-electron chi connectivity index (χ3n) is 3.06. The molecule has 0 rings (SSSR count). The molecule has 15 heavy (non-hydrogen) atoms. The first-order valence-electron chi connectivity index (χ1n) is 5.20. The van der Waals surface area contributed by atoms with Gasteiger partial charge in [-0.05, 0) is 31.5 Å². The molecule has 0 saturated carbocycles. The molecule has 0 aliphatic rings. The normalized spacial score (nSPS) is 16.5. The van der Waals surface area contributed by atoms with Gasteiger partial charge in [-0.15, -0.1) is 11.6 Å². The van der Waals surface area contributed by atoms with Crippen LogP contribution in [0.3, 0.4) is 0 Å². The zero-order valence-corrected chi connectivity index (χ0v) is 13.6. The third-order valence-corrected chi connectivity index (χ3v) is 9.92. The van der Waals surface area contributed by atoms with Crippen molar-refractivity contribution >= 4 is 27.1 Å². The molecular weight excluding hydrogens is 247 g/mol. The lowest BCUT2D eigenvalue weighted by atomic mass is 10.2.